The van der Waals surface area contributed by atoms with Crippen molar-refractivity contribution in [3.05, 3.63) is 23.8 Å². The van der Waals surface area contributed by atoms with Crippen molar-refractivity contribution in [1.82, 2.24) is 20.2 Å². The number of amides is 1. The first-order chi connectivity index (χ1) is 8.22. The lowest BCUT2D eigenvalue weighted by molar-refractivity contribution is -0.116. The summed E-state index contributed by atoms with van der Waals surface area (Å²) < 4.78 is 0. The molecule has 1 N–H and O–H groups in total. The first-order valence-corrected chi connectivity index (χ1v) is 5.39. The number of nitrogens with zero attached hydrogens (tertiary/aromatic N) is 4. The number of hydrogen-bond donors (Lipinski definition) is 1. The number of tetrazole rings is 1. The summed E-state index contributed by atoms with van der Waals surface area (Å²) in [5.41, 5.74) is 2.93. The van der Waals surface area contributed by atoms with Gasteiger partial charge in [0.25, 0.3) is 0 Å². The van der Waals surface area contributed by atoms with Crippen LogP contribution in [0.4, 0.5) is 5.69 Å². The Morgan fingerprint density at radius 3 is 3.00 bits per heavy atom. The van der Waals surface area contributed by atoms with E-state index in [4.69, 9.17) is 0 Å². The molecule has 0 bridgehead atoms. The Bertz CT molecular complexity index is 589. The summed E-state index contributed by atoms with van der Waals surface area (Å²) in [6, 6.07) is 5.78. The van der Waals surface area contributed by atoms with Crippen LogP contribution in [0.1, 0.15) is 12.0 Å². The molecule has 17 heavy (non-hydrogen) atoms. The molecule has 0 spiro atoms. The summed E-state index contributed by atoms with van der Waals surface area (Å²) in [6.45, 7) is 0. The Labute approximate surface area is 97.6 Å². The van der Waals surface area contributed by atoms with Crippen molar-refractivity contribution in [2.24, 2.45) is 7.05 Å². The van der Waals surface area contributed by atoms with Gasteiger partial charge in [-0.15, -0.1) is 10.2 Å². The zero-order valence-electron chi connectivity index (χ0n) is 9.34. The van der Waals surface area contributed by atoms with Gasteiger partial charge >= 0.3 is 0 Å². The molecule has 0 atom stereocenters. The van der Waals surface area contributed by atoms with Crippen molar-refractivity contribution >= 4 is 11.6 Å². The standard InChI is InChI=1S/C11H11N5O/c1-16-14-11(13-15-16)8-2-4-9-7(6-8)3-5-10(17)12-9/h2,4,6H,3,5H2,1H3,(H,12,17). The second-order valence-electron chi connectivity index (χ2n) is 4.02. The Hall–Kier alpha value is -2.24. The zero-order chi connectivity index (χ0) is 11.8. The Morgan fingerprint density at radius 1 is 1.35 bits per heavy atom. The molecule has 0 fully saturated rings. The zero-order valence-corrected chi connectivity index (χ0v) is 9.34. The fraction of sp³-hybridized carbons (Fsp3) is 0.273. The number of nitrogens with one attached hydrogen (secondary N) is 1. The van der Waals surface area contributed by atoms with Gasteiger partial charge < -0.3 is 5.32 Å². The van der Waals surface area contributed by atoms with Crippen LogP contribution in [0.5, 0.6) is 0 Å². The van der Waals surface area contributed by atoms with E-state index in [-0.39, 0.29) is 5.91 Å². The van der Waals surface area contributed by atoms with E-state index in [1.165, 1.54) is 4.80 Å². The fourth-order valence-corrected chi connectivity index (χ4v) is 1.92. The SMILES string of the molecule is Cn1nnc(-c2ccc3c(c2)CCC(=O)N3)n1. The topological polar surface area (TPSA) is 72.7 Å². The predicted octanol–water partition coefficient (Wildman–Crippen LogP) is 0.762. The number of aromatic nitrogens is 4. The van der Waals surface area contributed by atoms with E-state index in [2.05, 4.69) is 20.7 Å². The number of benzene rings is 1. The highest BCUT2D eigenvalue weighted by molar-refractivity contribution is 5.94. The molecule has 0 saturated carbocycles. The number of anilines is 1. The van der Waals surface area contributed by atoms with Gasteiger partial charge in [0.05, 0.1) is 7.05 Å². The van der Waals surface area contributed by atoms with E-state index in [0.29, 0.717) is 12.2 Å². The number of aryl methyl sites for hydroxylation is 2. The maximum absolute atomic E-state index is 11.2. The van der Waals surface area contributed by atoms with Gasteiger partial charge in [-0.25, -0.2) is 0 Å². The van der Waals surface area contributed by atoms with E-state index < -0.39 is 0 Å². The highest BCUT2D eigenvalue weighted by Crippen LogP contribution is 2.26. The molecule has 6 heteroatoms. The molecule has 2 aromatic rings. The molecule has 0 aliphatic carbocycles. The Balaban J connectivity index is 2.01. The van der Waals surface area contributed by atoms with Crippen LogP contribution < -0.4 is 5.32 Å². The van der Waals surface area contributed by atoms with E-state index in [1.807, 2.05) is 18.2 Å². The summed E-state index contributed by atoms with van der Waals surface area (Å²) in [5, 5.41) is 14.8. The normalized spacial score (nSPS) is 14.3. The maximum atomic E-state index is 11.2. The van der Waals surface area contributed by atoms with Gasteiger partial charge in [-0.05, 0) is 35.4 Å². The van der Waals surface area contributed by atoms with E-state index in [9.17, 15) is 4.79 Å². The average Bonchev–Trinajstić information content (AvgIpc) is 2.75. The van der Waals surface area contributed by atoms with Crippen LogP contribution in [0, 0.1) is 0 Å². The smallest absolute Gasteiger partial charge is 0.224 e. The molecule has 0 radical (unpaired) electrons. The Morgan fingerprint density at radius 2 is 2.24 bits per heavy atom. The maximum Gasteiger partial charge on any atom is 0.224 e. The number of rotatable bonds is 1. The van der Waals surface area contributed by atoms with Crippen LogP contribution in [-0.2, 0) is 18.3 Å². The van der Waals surface area contributed by atoms with Gasteiger partial charge in [-0.3, -0.25) is 4.79 Å². The van der Waals surface area contributed by atoms with Gasteiger partial charge in [0.1, 0.15) is 0 Å². The van der Waals surface area contributed by atoms with Crippen molar-refractivity contribution in [1.29, 1.82) is 0 Å². The summed E-state index contributed by atoms with van der Waals surface area (Å²) in [7, 11) is 1.73. The van der Waals surface area contributed by atoms with Gasteiger partial charge in [-0.2, -0.15) is 4.80 Å². The lowest BCUT2D eigenvalue weighted by Crippen LogP contribution is -2.18. The number of carbonyl (C=O) groups is 1. The highest BCUT2D eigenvalue weighted by atomic mass is 16.1. The minimum absolute atomic E-state index is 0.0721. The van der Waals surface area contributed by atoms with Gasteiger partial charge in [0, 0.05) is 17.7 Å². The minimum atomic E-state index is 0.0721. The third-order valence-electron chi connectivity index (χ3n) is 2.77. The van der Waals surface area contributed by atoms with Crippen LogP contribution in [0.15, 0.2) is 18.2 Å². The largest absolute Gasteiger partial charge is 0.326 e. The van der Waals surface area contributed by atoms with Crippen molar-refractivity contribution in [2.45, 2.75) is 12.8 Å². The molecule has 0 unspecified atom stereocenters. The third-order valence-corrected chi connectivity index (χ3v) is 2.77. The van der Waals surface area contributed by atoms with Crippen molar-refractivity contribution in [3.63, 3.8) is 0 Å². The first-order valence-electron chi connectivity index (χ1n) is 5.39. The summed E-state index contributed by atoms with van der Waals surface area (Å²) in [6.07, 6.45) is 1.29. The molecule has 1 aliphatic rings. The number of hydrogen-bond acceptors (Lipinski definition) is 4. The first kappa shape index (κ1) is 9.95. The van der Waals surface area contributed by atoms with Crippen molar-refractivity contribution < 1.29 is 4.79 Å². The third kappa shape index (κ3) is 1.77. The fourth-order valence-electron chi connectivity index (χ4n) is 1.92. The van der Waals surface area contributed by atoms with Crippen LogP contribution in [0.2, 0.25) is 0 Å². The predicted molar refractivity (Wildman–Crippen MR) is 61.2 cm³/mol. The van der Waals surface area contributed by atoms with Crippen LogP contribution in [0.3, 0.4) is 0 Å². The lowest BCUT2D eigenvalue weighted by Gasteiger charge is -2.16. The molecule has 86 valence electrons. The second-order valence-corrected chi connectivity index (χ2v) is 4.02. The van der Waals surface area contributed by atoms with Crippen molar-refractivity contribution in [2.75, 3.05) is 5.32 Å². The molecule has 1 amide bonds. The molecular formula is C11H11N5O. The minimum Gasteiger partial charge on any atom is -0.326 e. The molecule has 2 heterocycles. The molecule has 1 aromatic carbocycles. The van der Waals surface area contributed by atoms with Gasteiger partial charge in [-0.1, -0.05) is 0 Å². The van der Waals surface area contributed by atoms with Crippen molar-refractivity contribution in [3.8, 4) is 11.4 Å². The summed E-state index contributed by atoms with van der Waals surface area (Å²) >= 11 is 0. The monoisotopic (exact) mass is 229 g/mol. The summed E-state index contributed by atoms with van der Waals surface area (Å²) in [4.78, 5) is 12.7. The molecular weight excluding hydrogens is 218 g/mol. The highest BCUT2D eigenvalue weighted by Gasteiger charge is 2.16. The Kier molecular flexibility index (Phi) is 2.14. The average molecular weight is 229 g/mol. The molecule has 1 aliphatic heterocycles. The molecule has 1 aromatic heterocycles. The van der Waals surface area contributed by atoms with E-state index >= 15 is 0 Å². The van der Waals surface area contributed by atoms with E-state index in [0.717, 1.165) is 23.2 Å². The molecule has 6 nitrogen and oxygen atoms in total. The van der Waals surface area contributed by atoms with Crippen LogP contribution in [0.25, 0.3) is 11.4 Å². The van der Waals surface area contributed by atoms with Crippen LogP contribution >= 0.6 is 0 Å². The van der Waals surface area contributed by atoms with E-state index in [1.54, 1.807) is 7.05 Å². The molecule has 3 rings (SSSR count). The number of carbonyl (C=O) groups excluding carboxylic acids is 1. The van der Waals surface area contributed by atoms with Gasteiger partial charge in [0.15, 0.2) is 0 Å². The summed E-state index contributed by atoms with van der Waals surface area (Å²) in [5.74, 6) is 0.676. The molecule has 0 saturated heterocycles. The lowest BCUT2D eigenvalue weighted by atomic mass is 10.0. The van der Waals surface area contributed by atoms with Crippen LogP contribution in [-0.4, -0.2) is 26.1 Å². The van der Waals surface area contributed by atoms with Gasteiger partial charge in [0.2, 0.25) is 11.7 Å². The quantitative estimate of drug-likeness (QED) is 0.783. The second kappa shape index (κ2) is 3.65. The number of fused-ring (bicyclic) bond motifs is 1.